The van der Waals surface area contributed by atoms with Crippen LogP contribution in [-0.2, 0) is 11.2 Å². The second kappa shape index (κ2) is 6.94. The highest BCUT2D eigenvalue weighted by Crippen LogP contribution is 2.27. The third kappa shape index (κ3) is 3.76. The molecule has 0 radical (unpaired) electrons. The van der Waals surface area contributed by atoms with E-state index < -0.39 is 11.5 Å². The van der Waals surface area contributed by atoms with Gasteiger partial charge in [0, 0.05) is 18.8 Å². The van der Waals surface area contributed by atoms with Crippen LogP contribution in [0.4, 0.5) is 5.69 Å². The zero-order valence-electron chi connectivity index (χ0n) is 13.1. The van der Waals surface area contributed by atoms with E-state index in [2.05, 4.69) is 35.3 Å². The van der Waals surface area contributed by atoms with Gasteiger partial charge in [-0.05, 0) is 50.8 Å². The van der Waals surface area contributed by atoms with Gasteiger partial charge in [0.1, 0.15) is 5.54 Å². The van der Waals surface area contributed by atoms with E-state index in [9.17, 15) is 9.90 Å². The van der Waals surface area contributed by atoms with Crippen LogP contribution in [0.2, 0.25) is 0 Å². The first-order valence-corrected chi connectivity index (χ1v) is 7.88. The molecule has 1 aromatic rings. The Bertz CT molecular complexity index is 489. The van der Waals surface area contributed by atoms with E-state index in [0.29, 0.717) is 6.54 Å². The predicted octanol–water partition coefficient (Wildman–Crippen LogP) is 2.67. The Morgan fingerprint density at radius 3 is 2.86 bits per heavy atom. The molecule has 2 N–H and O–H groups in total. The topological polar surface area (TPSA) is 52.6 Å². The number of carboxylic acids is 1. The summed E-state index contributed by atoms with van der Waals surface area (Å²) in [5, 5.41) is 12.8. The lowest BCUT2D eigenvalue weighted by Gasteiger charge is -2.34. The van der Waals surface area contributed by atoms with Gasteiger partial charge >= 0.3 is 5.97 Å². The Kier molecular flexibility index (Phi) is 5.23. The molecule has 0 saturated heterocycles. The molecule has 1 unspecified atom stereocenters. The molecule has 4 heteroatoms. The minimum atomic E-state index is -0.909. The van der Waals surface area contributed by atoms with Crippen LogP contribution in [0.15, 0.2) is 24.3 Å². The highest BCUT2D eigenvalue weighted by molar-refractivity contribution is 5.79. The number of nitrogens with zero attached hydrogens (tertiary/aromatic N) is 1. The number of anilines is 1. The predicted molar refractivity (Wildman–Crippen MR) is 85.9 cm³/mol. The molecule has 116 valence electrons. The molecule has 1 heterocycles. The number of fused-ring (bicyclic) bond motifs is 1. The number of aryl methyl sites for hydroxylation is 1. The van der Waals surface area contributed by atoms with E-state index in [-0.39, 0.29) is 0 Å². The van der Waals surface area contributed by atoms with Crippen molar-refractivity contribution in [1.82, 2.24) is 5.32 Å². The Morgan fingerprint density at radius 2 is 2.14 bits per heavy atom. The summed E-state index contributed by atoms with van der Waals surface area (Å²) in [7, 11) is 0. The maximum Gasteiger partial charge on any atom is 0.325 e. The molecule has 0 spiro atoms. The van der Waals surface area contributed by atoms with Gasteiger partial charge in [-0.1, -0.05) is 25.1 Å². The van der Waals surface area contributed by atoms with Gasteiger partial charge in [-0.3, -0.25) is 4.79 Å². The summed E-state index contributed by atoms with van der Waals surface area (Å²) < 4.78 is 0. The third-order valence-electron chi connectivity index (χ3n) is 4.20. The number of hydrogen-bond donors (Lipinski definition) is 2. The molecule has 1 aromatic carbocycles. The van der Waals surface area contributed by atoms with Crippen LogP contribution in [0, 0.1) is 0 Å². The fourth-order valence-electron chi connectivity index (χ4n) is 2.92. The summed E-state index contributed by atoms with van der Waals surface area (Å²) in [5.41, 5.74) is 1.62. The average Bonchev–Trinajstić information content (AvgIpc) is 2.68. The van der Waals surface area contributed by atoms with Gasteiger partial charge in [0.15, 0.2) is 0 Å². The smallest absolute Gasteiger partial charge is 0.325 e. The molecule has 0 bridgehead atoms. The molecule has 21 heavy (non-hydrogen) atoms. The lowest BCUT2D eigenvalue weighted by atomic mass is 10.0. The number of benzene rings is 1. The minimum Gasteiger partial charge on any atom is -0.480 e. The van der Waals surface area contributed by atoms with Crippen molar-refractivity contribution in [3.05, 3.63) is 29.8 Å². The van der Waals surface area contributed by atoms with Crippen molar-refractivity contribution in [3.63, 3.8) is 0 Å². The number of para-hydroxylation sites is 1. The summed E-state index contributed by atoms with van der Waals surface area (Å²) in [4.78, 5) is 13.9. The van der Waals surface area contributed by atoms with Gasteiger partial charge in [-0.25, -0.2) is 0 Å². The van der Waals surface area contributed by atoms with Crippen molar-refractivity contribution in [3.8, 4) is 0 Å². The molecular weight excluding hydrogens is 264 g/mol. The fraction of sp³-hybridized carbons (Fsp3) is 0.588. The SMILES string of the molecule is CCCNC(C)(CN1CCCCc2ccccc21)C(=O)O. The van der Waals surface area contributed by atoms with Crippen molar-refractivity contribution in [2.24, 2.45) is 0 Å². The minimum absolute atomic E-state index is 0.499. The summed E-state index contributed by atoms with van der Waals surface area (Å²) in [6, 6.07) is 8.37. The summed E-state index contributed by atoms with van der Waals surface area (Å²) >= 11 is 0. The fourth-order valence-corrected chi connectivity index (χ4v) is 2.92. The molecule has 0 amide bonds. The molecule has 1 atom stereocenters. The van der Waals surface area contributed by atoms with Gasteiger partial charge in [0.2, 0.25) is 0 Å². The monoisotopic (exact) mass is 290 g/mol. The summed E-state index contributed by atoms with van der Waals surface area (Å²) in [6.07, 6.45) is 4.29. The second-order valence-electron chi connectivity index (χ2n) is 6.07. The van der Waals surface area contributed by atoms with Gasteiger partial charge in [-0.2, -0.15) is 0 Å². The number of rotatable bonds is 6. The standard InChI is InChI=1S/C17H26N2O2/c1-3-11-18-17(2,16(20)21)13-19-12-7-6-9-14-8-4-5-10-15(14)19/h4-5,8,10,18H,3,6-7,9,11-13H2,1-2H3,(H,20,21). The van der Waals surface area contributed by atoms with Gasteiger partial charge in [-0.15, -0.1) is 0 Å². The number of nitrogens with one attached hydrogen (secondary N) is 1. The highest BCUT2D eigenvalue weighted by Gasteiger charge is 2.35. The average molecular weight is 290 g/mol. The molecular formula is C17H26N2O2. The third-order valence-corrected chi connectivity index (χ3v) is 4.20. The van der Waals surface area contributed by atoms with Crippen LogP contribution in [-0.4, -0.2) is 36.2 Å². The van der Waals surface area contributed by atoms with E-state index in [4.69, 9.17) is 0 Å². The van der Waals surface area contributed by atoms with E-state index in [1.165, 1.54) is 17.7 Å². The van der Waals surface area contributed by atoms with Crippen LogP contribution in [0.25, 0.3) is 0 Å². The Hall–Kier alpha value is -1.55. The summed E-state index contributed by atoms with van der Waals surface area (Å²) in [5.74, 6) is -0.780. The van der Waals surface area contributed by atoms with Gasteiger partial charge in [0.25, 0.3) is 0 Å². The van der Waals surface area contributed by atoms with Crippen LogP contribution in [0.5, 0.6) is 0 Å². The quantitative estimate of drug-likeness (QED) is 0.846. The van der Waals surface area contributed by atoms with Crippen LogP contribution in [0.3, 0.4) is 0 Å². The molecule has 0 fully saturated rings. The van der Waals surface area contributed by atoms with Crippen molar-refractivity contribution in [2.45, 2.75) is 45.1 Å². The maximum absolute atomic E-state index is 11.7. The molecule has 4 nitrogen and oxygen atoms in total. The maximum atomic E-state index is 11.7. The molecule has 1 aliphatic heterocycles. The van der Waals surface area contributed by atoms with Crippen LogP contribution < -0.4 is 10.2 Å². The molecule has 0 saturated carbocycles. The van der Waals surface area contributed by atoms with Crippen LogP contribution >= 0.6 is 0 Å². The number of aliphatic carboxylic acids is 1. The zero-order valence-corrected chi connectivity index (χ0v) is 13.1. The van der Waals surface area contributed by atoms with E-state index in [0.717, 1.165) is 32.4 Å². The molecule has 1 aliphatic rings. The number of carboxylic acid groups (broad SMARTS) is 1. The van der Waals surface area contributed by atoms with Crippen molar-refractivity contribution >= 4 is 11.7 Å². The first-order valence-electron chi connectivity index (χ1n) is 7.88. The Morgan fingerprint density at radius 1 is 1.38 bits per heavy atom. The second-order valence-corrected chi connectivity index (χ2v) is 6.07. The van der Waals surface area contributed by atoms with Crippen LogP contribution in [0.1, 0.15) is 38.7 Å². The van der Waals surface area contributed by atoms with E-state index in [1.807, 2.05) is 6.07 Å². The summed E-state index contributed by atoms with van der Waals surface area (Å²) in [6.45, 7) is 5.99. The largest absolute Gasteiger partial charge is 0.480 e. The molecule has 0 aliphatic carbocycles. The Labute approximate surface area is 127 Å². The van der Waals surface area contributed by atoms with Crippen molar-refractivity contribution in [2.75, 3.05) is 24.5 Å². The first-order chi connectivity index (χ1) is 10.1. The zero-order chi connectivity index (χ0) is 15.3. The van der Waals surface area contributed by atoms with Gasteiger partial charge in [0.05, 0.1) is 0 Å². The van der Waals surface area contributed by atoms with Gasteiger partial charge < -0.3 is 15.3 Å². The molecule has 2 rings (SSSR count). The molecule has 0 aromatic heterocycles. The lowest BCUT2D eigenvalue weighted by Crippen LogP contribution is -2.57. The number of carbonyl (C=O) groups is 1. The van der Waals surface area contributed by atoms with Crippen molar-refractivity contribution < 1.29 is 9.90 Å². The normalized spacial score (nSPS) is 17.7. The Balaban J connectivity index is 2.22. The first kappa shape index (κ1) is 15.8. The van der Waals surface area contributed by atoms with E-state index >= 15 is 0 Å². The number of hydrogen-bond acceptors (Lipinski definition) is 3. The lowest BCUT2D eigenvalue weighted by molar-refractivity contribution is -0.143. The van der Waals surface area contributed by atoms with Crippen molar-refractivity contribution in [1.29, 1.82) is 0 Å². The highest BCUT2D eigenvalue weighted by atomic mass is 16.4. The van der Waals surface area contributed by atoms with E-state index in [1.54, 1.807) is 6.92 Å².